The fourth-order valence-corrected chi connectivity index (χ4v) is 2.74. The van der Waals surface area contributed by atoms with Gasteiger partial charge in [-0.3, -0.25) is 4.98 Å². The minimum Gasteiger partial charge on any atom is -0.494 e. The fourth-order valence-electron chi connectivity index (χ4n) is 2.74. The molecule has 6 nitrogen and oxygen atoms in total. The second-order valence-corrected chi connectivity index (χ2v) is 6.01. The zero-order chi connectivity index (χ0) is 20.1. The number of ether oxygens (including phenoxy) is 2. The first-order chi connectivity index (χ1) is 13.5. The van der Waals surface area contributed by atoms with E-state index in [0.717, 1.165) is 11.3 Å². The molecule has 0 saturated heterocycles. The van der Waals surface area contributed by atoms with Gasteiger partial charge in [0.25, 0.3) is 0 Å². The van der Waals surface area contributed by atoms with Crippen molar-refractivity contribution in [2.75, 3.05) is 7.11 Å². The van der Waals surface area contributed by atoms with E-state index in [1.165, 1.54) is 19.4 Å². The van der Waals surface area contributed by atoms with Gasteiger partial charge in [-0.05, 0) is 29.8 Å². The fraction of sp³-hybridized carbons (Fsp3) is 0.250. The van der Waals surface area contributed by atoms with Crippen molar-refractivity contribution in [1.82, 2.24) is 15.0 Å². The first kappa shape index (κ1) is 19.6. The first-order valence-corrected chi connectivity index (χ1v) is 8.53. The zero-order valence-electron chi connectivity index (χ0n) is 15.3. The number of halogens is 2. The summed E-state index contributed by atoms with van der Waals surface area (Å²) < 4.78 is 34.7. The molecular formula is C20H19F2N3O3. The minimum absolute atomic E-state index is 0.0801. The van der Waals surface area contributed by atoms with Gasteiger partial charge < -0.3 is 14.6 Å². The van der Waals surface area contributed by atoms with Crippen molar-refractivity contribution in [3.63, 3.8) is 0 Å². The monoisotopic (exact) mass is 387 g/mol. The Balaban J connectivity index is 1.98. The molecule has 1 unspecified atom stereocenters. The van der Waals surface area contributed by atoms with Gasteiger partial charge in [-0.25, -0.2) is 9.97 Å². The number of methoxy groups -OCH3 is 1. The Morgan fingerprint density at radius 3 is 2.57 bits per heavy atom. The molecule has 0 spiro atoms. The van der Waals surface area contributed by atoms with Gasteiger partial charge >= 0.3 is 6.61 Å². The summed E-state index contributed by atoms with van der Waals surface area (Å²) in [6.45, 7) is -1.10. The normalized spacial score (nSPS) is 12.1. The lowest BCUT2D eigenvalue weighted by atomic mass is 9.98. The molecule has 3 heterocycles. The van der Waals surface area contributed by atoms with Gasteiger partial charge in [0, 0.05) is 35.6 Å². The number of hydrogen-bond acceptors (Lipinski definition) is 6. The average molecular weight is 387 g/mol. The van der Waals surface area contributed by atoms with E-state index in [-0.39, 0.29) is 18.4 Å². The third kappa shape index (κ3) is 4.40. The molecule has 3 rings (SSSR count). The van der Waals surface area contributed by atoms with Gasteiger partial charge in [0.1, 0.15) is 11.4 Å². The topological polar surface area (TPSA) is 77.4 Å². The second-order valence-electron chi connectivity index (χ2n) is 6.01. The summed E-state index contributed by atoms with van der Waals surface area (Å²) in [4.78, 5) is 12.7. The largest absolute Gasteiger partial charge is 0.494 e. The lowest BCUT2D eigenvalue weighted by Crippen LogP contribution is -2.05. The van der Waals surface area contributed by atoms with Crippen LogP contribution >= 0.6 is 0 Å². The van der Waals surface area contributed by atoms with Gasteiger partial charge in [0.15, 0.2) is 0 Å². The highest BCUT2D eigenvalue weighted by molar-refractivity contribution is 5.67. The van der Waals surface area contributed by atoms with E-state index < -0.39 is 6.61 Å². The number of rotatable bonds is 7. The van der Waals surface area contributed by atoms with Gasteiger partial charge in [-0.1, -0.05) is 13.0 Å². The number of pyridine rings is 3. The Kier molecular flexibility index (Phi) is 6.10. The number of aliphatic hydroxyl groups is 1. The Hall–Kier alpha value is -3.13. The number of nitrogens with zero attached hydrogens (tertiary/aromatic N) is 3. The van der Waals surface area contributed by atoms with Crippen LogP contribution in [-0.4, -0.2) is 33.8 Å². The van der Waals surface area contributed by atoms with Crippen LogP contribution in [0.15, 0.2) is 48.8 Å². The highest BCUT2D eigenvalue weighted by atomic mass is 19.3. The lowest BCUT2D eigenvalue weighted by molar-refractivity contribution is -0.0528. The van der Waals surface area contributed by atoms with Crippen LogP contribution in [0.1, 0.15) is 29.8 Å². The molecule has 28 heavy (non-hydrogen) atoms. The van der Waals surface area contributed by atoms with Crippen molar-refractivity contribution in [2.45, 2.75) is 26.1 Å². The van der Waals surface area contributed by atoms with Crippen LogP contribution in [0, 0.1) is 0 Å². The van der Waals surface area contributed by atoms with Crippen molar-refractivity contribution in [1.29, 1.82) is 0 Å². The number of aliphatic hydroxyl groups excluding tert-OH is 1. The zero-order valence-corrected chi connectivity index (χ0v) is 15.3. The highest BCUT2D eigenvalue weighted by Gasteiger charge is 2.16. The van der Waals surface area contributed by atoms with E-state index >= 15 is 0 Å². The van der Waals surface area contributed by atoms with Crippen molar-refractivity contribution in [3.05, 3.63) is 65.7 Å². The number of alkyl halides is 2. The third-order valence-electron chi connectivity index (χ3n) is 4.27. The molecule has 8 heteroatoms. The van der Waals surface area contributed by atoms with E-state index in [2.05, 4.69) is 19.7 Å². The SMILES string of the molecule is COc1ccc(C(C)c2ccc(CO)nc2)nc1-c1ccnc(OC(F)F)c1. The average Bonchev–Trinajstić information content (AvgIpc) is 2.72. The maximum Gasteiger partial charge on any atom is 0.388 e. The van der Waals surface area contributed by atoms with E-state index in [1.54, 1.807) is 24.4 Å². The van der Waals surface area contributed by atoms with Gasteiger partial charge in [0.2, 0.25) is 5.88 Å². The van der Waals surface area contributed by atoms with E-state index in [0.29, 0.717) is 22.7 Å². The molecule has 3 aromatic rings. The van der Waals surface area contributed by atoms with E-state index in [1.807, 2.05) is 19.1 Å². The van der Waals surface area contributed by atoms with Gasteiger partial charge in [-0.15, -0.1) is 0 Å². The van der Waals surface area contributed by atoms with Crippen molar-refractivity contribution in [3.8, 4) is 22.9 Å². The van der Waals surface area contributed by atoms with Crippen LogP contribution in [-0.2, 0) is 6.61 Å². The Bertz CT molecular complexity index is 936. The molecule has 146 valence electrons. The van der Waals surface area contributed by atoms with E-state index in [9.17, 15) is 8.78 Å². The van der Waals surface area contributed by atoms with Crippen molar-refractivity contribution in [2.24, 2.45) is 0 Å². The maximum atomic E-state index is 12.5. The summed E-state index contributed by atoms with van der Waals surface area (Å²) in [5, 5.41) is 9.13. The summed E-state index contributed by atoms with van der Waals surface area (Å²) >= 11 is 0. The molecule has 0 aliphatic carbocycles. The summed E-state index contributed by atoms with van der Waals surface area (Å²) in [7, 11) is 1.51. The molecule has 0 amide bonds. The molecule has 0 bridgehead atoms. The molecule has 0 fully saturated rings. The van der Waals surface area contributed by atoms with Crippen LogP contribution < -0.4 is 9.47 Å². The number of aromatic nitrogens is 3. The molecule has 0 saturated carbocycles. The Morgan fingerprint density at radius 1 is 1.11 bits per heavy atom. The van der Waals surface area contributed by atoms with Crippen LogP contribution in [0.25, 0.3) is 11.3 Å². The molecule has 3 aromatic heterocycles. The molecule has 0 radical (unpaired) electrons. The van der Waals surface area contributed by atoms with Crippen LogP contribution in [0.4, 0.5) is 8.78 Å². The molecule has 0 aromatic carbocycles. The van der Waals surface area contributed by atoms with Gasteiger partial charge in [-0.2, -0.15) is 8.78 Å². The summed E-state index contributed by atoms with van der Waals surface area (Å²) in [5.74, 6) is 0.223. The molecular weight excluding hydrogens is 368 g/mol. The summed E-state index contributed by atoms with van der Waals surface area (Å²) in [6.07, 6.45) is 3.07. The lowest BCUT2D eigenvalue weighted by Gasteiger charge is -2.15. The maximum absolute atomic E-state index is 12.5. The predicted octanol–water partition coefficient (Wildman–Crippen LogP) is 3.79. The van der Waals surface area contributed by atoms with Gasteiger partial charge in [0.05, 0.1) is 19.4 Å². The molecule has 1 N–H and O–H groups in total. The standard InChI is InChI=1S/C20H19F2N3O3/c1-12(14-3-4-15(11-26)24-10-14)16-5-6-17(27-2)19(25-16)13-7-8-23-18(9-13)28-20(21)22/h3-10,12,20,26H,11H2,1-2H3. The molecule has 0 aliphatic heterocycles. The highest BCUT2D eigenvalue weighted by Crippen LogP contribution is 2.32. The first-order valence-electron chi connectivity index (χ1n) is 8.53. The summed E-state index contributed by atoms with van der Waals surface area (Å²) in [6, 6.07) is 10.3. The Morgan fingerprint density at radius 2 is 1.93 bits per heavy atom. The summed E-state index contributed by atoms with van der Waals surface area (Å²) in [5.41, 5.74) is 3.31. The predicted molar refractivity (Wildman–Crippen MR) is 98.3 cm³/mol. The second kappa shape index (κ2) is 8.71. The van der Waals surface area contributed by atoms with Crippen LogP contribution in [0.2, 0.25) is 0 Å². The van der Waals surface area contributed by atoms with Crippen molar-refractivity contribution >= 4 is 0 Å². The smallest absolute Gasteiger partial charge is 0.388 e. The molecule has 0 aliphatic rings. The third-order valence-corrected chi connectivity index (χ3v) is 4.27. The van der Waals surface area contributed by atoms with Crippen LogP contribution in [0.5, 0.6) is 11.6 Å². The molecule has 1 atom stereocenters. The Labute approximate surface area is 160 Å². The van der Waals surface area contributed by atoms with Crippen LogP contribution in [0.3, 0.4) is 0 Å². The van der Waals surface area contributed by atoms with E-state index in [4.69, 9.17) is 9.84 Å². The minimum atomic E-state index is -2.96. The van der Waals surface area contributed by atoms with Crippen molar-refractivity contribution < 1.29 is 23.4 Å². The quantitative estimate of drug-likeness (QED) is 0.665. The number of hydrogen-bond donors (Lipinski definition) is 1.